The second kappa shape index (κ2) is 9.12. The van der Waals surface area contributed by atoms with Crippen LogP contribution in [0.15, 0.2) is 5.11 Å². The number of amides is 2. The Kier molecular flexibility index (Phi) is 7.50. The van der Waals surface area contributed by atoms with Crippen molar-refractivity contribution in [2.75, 3.05) is 13.1 Å². The standard InChI is InChI=1S/C15H25N5O5/c1-15(2,3)25-14(24)20-9-10(8-11(20)13(22)23)18-12(21)6-4-5-7-17-19-16/h10-11H,4-9H2,1-3H3,(H,18,21)(H,22,23)/t10-,11+/m1/s1. The van der Waals surface area contributed by atoms with E-state index < -0.39 is 29.7 Å². The second-order valence-electron chi connectivity index (χ2n) is 6.90. The summed E-state index contributed by atoms with van der Waals surface area (Å²) in [4.78, 5) is 39.2. The Morgan fingerprint density at radius 1 is 1.36 bits per heavy atom. The number of carbonyl (C=O) groups excluding carboxylic acids is 2. The van der Waals surface area contributed by atoms with E-state index in [1.54, 1.807) is 20.8 Å². The van der Waals surface area contributed by atoms with Crippen LogP contribution in [0.1, 0.15) is 46.5 Å². The van der Waals surface area contributed by atoms with Crippen molar-refractivity contribution in [2.45, 2.75) is 64.1 Å². The molecule has 0 aromatic rings. The van der Waals surface area contributed by atoms with Crippen LogP contribution in [0, 0.1) is 0 Å². The number of carbonyl (C=O) groups is 3. The van der Waals surface area contributed by atoms with Gasteiger partial charge >= 0.3 is 12.1 Å². The first kappa shape index (κ1) is 20.6. The maximum atomic E-state index is 12.2. The maximum absolute atomic E-state index is 12.2. The molecule has 2 N–H and O–H groups in total. The third kappa shape index (κ3) is 7.30. The first-order valence-electron chi connectivity index (χ1n) is 8.16. The van der Waals surface area contributed by atoms with Gasteiger partial charge in [-0.05, 0) is 39.1 Å². The van der Waals surface area contributed by atoms with E-state index in [1.165, 1.54) is 0 Å². The first-order chi connectivity index (χ1) is 11.6. The smallest absolute Gasteiger partial charge is 0.411 e. The van der Waals surface area contributed by atoms with E-state index in [0.29, 0.717) is 19.4 Å². The molecule has 0 saturated carbocycles. The lowest BCUT2D eigenvalue weighted by Gasteiger charge is -2.26. The predicted molar refractivity (Wildman–Crippen MR) is 88.8 cm³/mol. The van der Waals surface area contributed by atoms with Crippen LogP contribution in [0.25, 0.3) is 10.4 Å². The van der Waals surface area contributed by atoms with Gasteiger partial charge in [0.2, 0.25) is 5.91 Å². The van der Waals surface area contributed by atoms with Crippen molar-refractivity contribution in [3.63, 3.8) is 0 Å². The SMILES string of the molecule is CC(C)(C)OC(=O)N1C[C@H](NC(=O)CCCCN=[N+]=[N-])C[C@H]1C(=O)O. The summed E-state index contributed by atoms with van der Waals surface area (Å²) in [7, 11) is 0. The Morgan fingerprint density at radius 3 is 2.60 bits per heavy atom. The van der Waals surface area contributed by atoms with Crippen LogP contribution in [0.2, 0.25) is 0 Å². The van der Waals surface area contributed by atoms with Crippen LogP contribution in [0.5, 0.6) is 0 Å². The fourth-order valence-electron chi connectivity index (χ4n) is 2.51. The minimum absolute atomic E-state index is 0.0936. The van der Waals surface area contributed by atoms with Gasteiger partial charge < -0.3 is 15.2 Å². The van der Waals surface area contributed by atoms with Gasteiger partial charge in [-0.3, -0.25) is 9.69 Å². The number of nitrogens with one attached hydrogen (secondary N) is 1. The van der Waals surface area contributed by atoms with Gasteiger partial charge in [0.1, 0.15) is 11.6 Å². The molecule has 1 rings (SSSR count). The molecular weight excluding hydrogens is 330 g/mol. The number of carboxylic acid groups (broad SMARTS) is 1. The van der Waals surface area contributed by atoms with Crippen LogP contribution in [0.3, 0.4) is 0 Å². The van der Waals surface area contributed by atoms with Crippen molar-refractivity contribution in [3.8, 4) is 0 Å². The molecule has 10 nitrogen and oxygen atoms in total. The van der Waals surface area contributed by atoms with Crippen LogP contribution >= 0.6 is 0 Å². The minimum Gasteiger partial charge on any atom is -0.480 e. The molecule has 0 unspecified atom stereocenters. The largest absolute Gasteiger partial charge is 0.480 e. The number of azide groups is 1. The molecule has 10 heteroatoms. The van der Waals surface area contributed by atoms with Gasteiger partial charge in [0.25, 0.3) is 0 Å². The molecule has 0 spiro atoms. The highest BCUT2D eigenvalue weighted by molar-refractivity contribution is 5.82. The molecule has 1 fully saturated rings. The van der Waals surface area contributed by atoms with Crippen molar-refractivity contribution >= 4 is 18.0 Å². The quantitative estimate of drug-likeness (QED) is 0.311. The monoisotopic (exact) mass is 355 g/mol. The molecule has 25 heavy (non-hydrogen) atoms. The highest BCUT2D eigenvalue weighted by atomic mass is 16.6. The normalized spacial score (nSPS) is 19.9. The lowest BCUT2D eigenvalue weighted by molar-refractivity contribution is -0.142. The van der Waals surface area contributed by atoms with Crippen molar-refractivity contribution in [1.82, 2.24) is 10.2 Å². The Labute approximate surface area is 146 Å². The highest BCUT2D eigenvalue weighted by Gasteiger charge is 2.41. The average Bonchev–Trinajstić information content (AvgIpc) is 2.89. The van der Waals surface area contributed by atoms with Gasteiger partial charge in [-0.2, -0.15) is 0 Å². The molecule has 1 heterocycles. The molecule has 1 aliphatic rings. The number of nitrogens with zero attached hydrogens (tertiary/aromatic N) is 4. The fraction of sp³-hybridized carbons (Fsp3) is 0.800. The molecule has 0 aromatic heterocycles. The zero-order valence-corrected chi connectivity index (χ0v) is 14.8. The van der Waals surface area contributed by atoms with E-state index in [0.717, 1.165) is 4.90 Å². The number of aliphatic carboxylic acids is 1. The van der Waals surface area contributed by atoms with Gasteiger partial charge in [0.05, 0.1) is 0 Å². The van der Waals surface area contributed by atoms with Gasteiger partial charge in [-0.15, -0.1) is 0 Å². The summed E-state index contributed by atoms with van der Waals surface area (Å²) < 4.78 is 5.23. The predicted octanol–water partition coefficient (Wildman–Crippen LogP) is 2.05. The number of rotatable bonds is 7. The van der Waals surface area contributed by atoms with Crippen LogP contribution in [-0.4, -0.2) is 58.8 Å². The molecular formula is C15H25N5O5. The van der Waals surface area contributed by atoms with E-state index in [1.807, 2.05) is 0 Å². The summed E-state index contributed by atoms with van der Waals surface area (Å²) >= 11 is 0. The van der Waals surface area contributed by atoms with Gasteiger partial charge in [-0.1, -0.05) is 5.11 Å². The highest BCUT2D eigenvalue weighted by Crippen LogP contribution is 2.21. The van der Waals surface area contributed by atoms with E-state index in [4.69, 9.17) is 10.3 Å². The van der Waals surface area contributed by atoms with E-state index >= 15 is 0 Å². The number of ether oxygens (including phenoxy) is 1. The Morgan fingerprint density at radius 2 is 2.04 bits per heavy atom. The number of likely N-dealkylation sites (tertiary alicyclic amines) is 1. The average molecular weight is 355 g/mol. The first-order valence-corrected chi connectivity index (χ1v) is 8.16. The molecule has 2 amide bonds. The Balaban J connectivity index is 2.54. The molecule has 1 aliphatic heterocycles. The lowest BCUT2D eigenvalue weighted by Crippen LogP contribution is -2.44. The van der Waals surface area contributed by atoms with E-state index in [2.05, 4.69) is 15.3 Å². The molecule has 0 aliphatic carbocycles. The van der Waals surface area contributed by atoms with Gasteiger partial charge in [0.15, 0.2) is 0 Å². The van der Waals surface area contributed by atoms with Crippen molar-refractivity contribution in [2.24, 2.45) is 5.11 Å². The molecule has 0 bridgehead atoms. The van der Waals surface area contributed by atoms with Crippen molar-refractivity contribution in [3.05, 3.63) is 10.4 Å². The summed E-state index contributed by atoms with van der Waals surface area (Å²) in [6, 6.07) is -1.46. The van der Waals surface area contributed by atoms with Crippen molar-refractivity contribution < 1.29 is 24.2 Å². The number of unbranched alkanes of at least 4 members (excludes halogenated alkanes) is 1. The van der Waals surface area contributed by atoms with Crippen LogP contribution in [0.4, 0.5) is 4.79 Å². The van der Waals surface area contributed by atoms with Crippen LogP contribution < -0.4 is 5.32 Å². The number of carboxylic acids is 1. The Hall–Kier alpha value is -2.48. The lowest BCUT2D eigenvalue weighted by atomic mass is 10.1. The molecule has 0 radical (unpaired) electrons. The molecule has 1 saturated heterocycles. The topological polar surface area (TPSA) is 145 Å². The van der Waals surface area contributed by atoms with E-state index in [9.17, 15) is 19.5 Å². The molecule has 0 aromatic carbocycles. The zero-order chi connectivity index (χ0) is 19.0. The van der Waals surface area contributed by atoms with Gasteiger partial charge in [0, 0.05) is 36.9 Å². The summed E-state index contributed by atoms with van der Waals surface area (Å²) in [5.74, 6) is -1.35. The summed E-state index contributed by atoms with van der Waals surface area (Å²) in [6.07, 6.45) is 0.853. The third-order valence-corrected chi connectivity index (χ3v) is 3.55. The Bertz CT molecular complexity index is 553. The number of hydrogen-bond donors (Lipinski definition) is 2. The maximum Gasteiger partial charge on any atom is 0.411 e. The van der Waals surface area contributed by atoms with Crippen LogP contribution in [-0.2, 0) is 14.3 Å². The summed E-state index contributed by atoms with van der Waals surface area (Å²) in [5.41, 5.74) is 7.43. The fourth-order valence-corrected chi connectivity index (χ4v) is 2.51. The third-order valence-electron chi connectivity index (χ3n) is 3.55. The minimum atomic E-state index is -1.13. The van der Waals surface area contributed by atoms with E-state index in [-0.39, 0.29) is 25.3 Å². The van der Waals surface area contributed by atoms with Gasteiger partial charge in [-0.25, -0.2) is 9.59 Å². The second-order valence-corrected chi connectivity index (χ2v) is 6.90. The zero-order valence-electron chi connectivity index (χ0n) is 14.8. The molecule has 140 valence electrons. The summed E-state index contributed by atoms with van der Waals surface area (Å²) in [6.45, 7) is 5.53. The van der Waals surface area contributed by atoms with Crippen molar-refractivity contribution in [1.29, 1.82) is 0 Å². The summed E-state index contributed by atoms with van der Waals surface area (Å²) in [5, 5.41) is 15.4. The molecule has 2 atom stereocenters. The number of hydrogen-bond acceptors (Lipinski definition) is 5.